The lowest BCUT2D eigenvalue weighted by Gasteiger charge is -2.04. The SMILES string of the molecule is C1=NNC(c2ccsc2)C1.C=CC=O.CCOCC.NN.O.O=C/C=C/c1ccsc1.O=Cc1ccsc1.[2H]CF. The molecule has 0 saturated carbocycles. The maximum Gasteiger partial charge on any atom is 0.150 e. The van der Waals surface area contributed by atoms with Gasteiger partial charge in [0.25, 0.3) is 0 Å². The summed E-state index contributed by atoms with van der Waals surface area (Å²) >= 11 is 4.89. The Morgan fingerprint density at radius 2 is 1.57 bits per heavy atom. The van der Waals surface area contributed by atoms with Crippen LogP contribution < -0.4 is 17.1 Å². The van der Waals surface area contributed by atoms with Crippen molar-refractivity contribution >= 4 is 65.2 Å². The summed E-state index contributed by atoms with van der Waals surface area (Å²) in [5, 5.41) is 15.9. The maximum atomic E-state index is 9.96. The van der Waals surface area contributed by atoms with Crippen molar-refractivity contribution < 1.29 is 30.4 Å². The molecule has 0 fully saturated rings. The highest BCUT2D eigenvalue weighted by Crippen LogP contribution is 2.20. The molecule has 9 nitrogen and oxygen atoms in total. The first-order chi connectivity index (χ1) is 19.6. The van der Waals surface area contributed by atoms with Gasteiger partial charge in [-0.2, -0.15) is 39.1 Å². The van der Waals surface area contributed by atoms with E-state index >= 15 is 0 Å². The molecule has 0 aliphatic carbocycles. The molecule has 0 aromatic carbocycles. The Bertz CT molecular complexity index is 959. The number of halogens is 1. The fourth-order valence-electron chi connectivity index (χ4n) is 2.10. The molecule has 13 heteroatoms. The summed E-state index contributed by atoms with van der Waals surface area (Å²) in [5.41, 5.74) is 6.24. The molecule has 0 bridgehead atoms. The van der Waals surface area contributed by atoms with Gasteiger partial charge in [0.15, 0.2) is 6.29 Å². The molecule has 0 spiro atoms. The van der Waals surface area contributed by atoms with Gasteiger partial charge in [0.1, 0.15) is 12.6 Å². The highest BCUT2D eigenvalue weighted by molar-refractivity contribution is 7.08. The van der Waals surface area contributed by atoms with Crippen LogP contribution >= 0.6 is 34.0 Å². The van der Waals surface area contributed by atoms with Gasteiger partial charge in [-0.15, -0.1) is 0 Å². The second kappa shape index (κ2) is 38.0. The zero-order valence-corrected chi connectivity index (χ0v) is 25.1. The van der Waals surface area contributed by atoms with Crippen molar-refractivity contribution in [2.45, 2.75) is 26.3 Å². The number of nitrogens with two attached hydrogens (primary N) is 2. The van der Waals surface area contributed by atoms with Gasteiger partial charge >= 0.3 is 0 Å². The highest BCUT2D eigenvalue weighted by atomic mass is 32.1. The molecule has 4 heterocycles. The van der Waals surface area contributed by atoms with Crippen LogP contribution in [-0.2, 0) is 14.3 Å². The van der Waals surface area contributed by atoms with Crippen molar-refractivity contribution in [2.24, 2.45) is 16.8 Å². The van der Waals surface area contributed by atoms with E-state index in [-0.39, 0.29) is 5.48 Å². The van der Waals surface area contributed by atoms with Gasteiger partial charge in [-0.1, -0.05) is 12.7 Å². The Morgan fingerprint density at radius 1 is 1.05 bits per heavy atom. The van der Waals surface area contributed by atoms with Crippen LogP contribution in [0.5, 0.6) is 0 Å². The zero-order valence-electron chi connectivity index (χ0n) is 23.7. The number of carbonyl (C=O) groups is 3. The quantitative estimate of drug-likeness (QED) is 0.140. The lowest BCUT2D eigenvalue weighted by Crippen LogP contribution is -2.07. The van der Waals surface area contributed by atoms with Gasteiger partial charge < -0.3 is 15.6 Å². The number of rotatable bonds is 7. The predicted octanol–water partition coefficient (Wildman–Crippen LogP) is 5.28. The van der Waals surface area contributed by atoms with E-state index < -0.39 is 7.15 Å². The number of alkyl halides is 1. The van der Waals surface area contributed by atoms with Crippen LogP contribution in [0.15, 0.2) is 74.3 Å². The summed E-state index contributed by atoms with van der Waals surface area (Å²) in [7, 11) is -1.00. The van der Waals surface area contributed by atoms with Gasteiger partial charge in [-0.3, -0.25) is 30.5 Å². The van der Waals surface area contributed by atoms with Crippen LogP contribution in [0.25, 0.3) is 6.08 Å². The number of allylic oxidation sites excluding steroid dienone is 2. The van der Waals surface area contributed by atoms with E-state index in [0.717, 1.165) is 43.3 Å². The molecule has 0 amide bonds. The Morgan fingerprint density at radius 3 is 1.88 bits per heavy atom. The number of nitrogens with one attached hydrogen (secondary N) is 1. The number of nitrogens with zero attached hydrogens (tertiary/aromatic N) is 1. The van der Waals surface area contributed by atoms with Crippen molar-refractivity contribution in [1.82, 2.24) is 5.43 Å². The van der Waals surface area contributed by atoms with E-state index in [4.69, 9.17) is 10.9 Å². The lowest BCUT2D eigenvalue weighted by atomic mass is 10.1. The smallest absolute Gasteiger partial charge is 0.150 e. The third-order valence-electron chi connectivity index (χ3n) is 3.70. The fraction of sp³-hybridized carbons (Fsp3) is 0.259. The summed E-state index contributed by atoms with van der Waals surface area (Å²) in [6.07, 6.45) is 9.67. The minimum atomic E-state index is -1.00. The molecular formula is C27H41FN4O5S3. The van der Waals surface area contributed by atoms with Crippen LogP contribution in [0.3, 0.4) is 0 Å². The van der Waals surface area contributed by atoms with Crippen molar-refractivity contribution in [2.75, 3.05) is 20.4 Å². The van der Waals surface area contributed by atoms with E-state index in [0.29, 0.717) is 12.3 Å². The summed E-state index contributed by atoms with van der Waals surface area (Å²) in [6, 6.07) is 6.32. The second-order valence-electron chi connectivity index (χ2n) is 6.17. The number of hydrazine groups is 1. The minimum absolute atomic E-state index is 0. The molecule has 1 aliphatic rings. The molecule has 0 radical (unpaired) electrons. The van der Waals surface area contributed by atoms with Gasteiger partial charge in [-0.05, 0) is 82.2 Å². The van der Waals surface area contributed by atoms with Gasteiger partial charge in [0.2, 0.25) is 0 Å². The largest absolute Gasteiger partial charge is 0.412 e. The zero-order chi connectivity index (χ0) is 30.7. The summed E-state index contributed by atoms with van der Waals surface area (Å²) in [6.45, 7) is 8.78. The van der Waals surface area contributed by atoms with E-state index in [1.807, 2.05) is 47.6 Å². The molecule has 0 saturated heterocycles. The molecule has 3 aromatic heterocycles. The van der Waals surface area contributed by atoms with E-state index in [1.54, 1.807) is 34.8 Å². The molecule has 4 rings (SSSR count). The molecule has 40 heavy (non-hydrogen) atoms. The van der Waals surface area contributed by atoms with Crippen molar-refractivity contribution in [3.05, 3.63) is 85.9 Å². The lowest BCUT2D eigenvalue weighted by molar-refractivity contribution is -0.104. The number of carbonyl (C=O) groups excluding carboxylic acids is 3. The highest BCUT2D eigenvalue weighted by Gasteiger charge is 2.12. The van der Waals surface area contributed by atoms with Crippen molar-refractivity contribution in [1.29, 1.82) is 0 Å². The summed E-state index contributed by atoms with van der Waals surface area (Å²) in [4.78, 5) is 28.7. The second-order valence-corrected chi connectivity index (χ2v) is 8.51. The van der Waals surface area contributed by atoms with Gasteiger partial charge in [-0.25, -0.2) is 0 Å². The third-order valence-corrected chi connectivity index (χ3v) is 5.81. The van der Waals surface area contributed by atoms with Gasteiger partial charge in [0.05, 0.1) is 14.6 Å². The van der Waals surface area contributed by atoms with Crippen LogP contribution in [0.2, 0.25) is 0 Å². The maximum absolute atomic E-state index is 9.96. The summed E-state index contributed by atoms with van der Waals surface area (Å²) < 4.78 is 20.3. The Kier molecular flexibility index (Phi) is 39.2. The van der Waals surface area contributed by atoms with Crippen LogP contribution in [0.4, 0.5) is 4.39 Å². The first kappa shape index (κ1) is 41.3. The number of thiophene rings is 3. The van der Waals surface area contributed by atoms with E-state index in [2.05, 4.69) is 45.6 Å². The Balaban J connectivity index is -0.000000206. The van der Waals surface area contributed by atoms with Crippen LogP contribution in [0, 0.1) is 0 Å². The Labute approximate surface area is 249 Å². The first-order valence-corrected chi connectivity index (χ1v) is 14.1. The van der Waals surface area contributed by atoms with E-state index in [1.165, 1.54) is 29.1 Å². The molecule has 7 N–H and O–H groups in total. The summed E-state index contributed by atoms with van der Waals surface area (Å²) in [5.74, 6) is 8.00. The minimum Gasteiger partial charge on any atom is -0.412 e. The van der Waals surface area contributed by atoms with Crippen molar-refractivity contribution in [3.8, 4) is 0 Å². The van der Waals surface area contributed by atoms with Gasteiger partial charge in [0, 0.05) is 36.8 Å². The monoisotopic (exact) mass is 617 g/mol. The fourth-order valence-corrected chi connectivity index (χ4v) is 4.05. The molecule has 3 aromatic rings. The topological polar surface area (TPSA) is 168 Å². The number of hydrogen-bond donors (Lipinski definition) is 3. The third kappa shape index (κ3) is 27.9. The molecule has 1 aliphatic heterocycles. The molecular weight excluding hydrogens is 576 g/mol. The average Bonchev–Trinajstić information content (AvgIpc) is 3.83. The average molecular weight is 618 g/mol. The molecule has 224 valence electrons. The number of hydrazone groups is 1. The molecule has 1 atom stereocenters. The van der Waals surface area contributed by atoms with Crippen molar-refractivity contribution in [3.63, 3.8) is 0 Å². The standard InChI is InChI=1S/C7H8N2S.C7H6OS.C5H4OS.C4H10O.C3H4O.CH3F.H4N2.H2O/c1-3-8-9-7(1)6-2-4-10-5-6;8-4-1-2-7-3-5-9-6-7;6-3-5-1-2-7-4-5;1-3-5-4-2;1-2-3-4;2*1-2;/h2-5,7,9H,1H2;1-6H;1-4H;3-4H2,1-2H3;2-3H,1H2;1H3;1-2H2;1H2/b;2-1+;;;;;;/i;;;;;1D;;. The number of ether oxygens (including phenoxy) is 1. The van der Waals surface area contributed by atoms with Crippen LogP contribution in [-0.4, -0.2) is 50.9 Å². The predicted molar refractivity (Wildman–Crippen MR) is 170 cm³/mol. The van der Waals surface area contributed by atoms with Crippen LogP contribution in [0.1, 0.15) is 49.2 Å². The Hall–Kier alpha value is -3.17. The number of hydrogen-bond acceptors (Lipinski definition) is 11. The van der Waals surface area contributed by atoms with E-state index in [9.17, 15) is 14.0 Å². The number of aldehydes is 3. The first-order valence-electron chi connectivity index (χ1n) is 12.0. The normalized spacial score (nSPS) is 11.7. The molecule has 1 unspecified atom stereocenters.